The lowest BCUT2D eigenvalue weighted by molar-refractivity contribution is -0.127. The molecule has 3 rings (SSSR count). The van der Waals surface area contributed by atoms with E-state index in [1.165, 1.54) is 23.1 Å². The largest absolute Gasteiger partial charge is 0.383 e. The van der Waals surface area contributed by atoms with E-state index in [0.717, 1.165) is 24.7 Å². The van der Waals surface area contributed by atoms with Crippen LogP contribution < -0.4 is 5.32 Å². The van der Waals surface area contributed by atoms with Gasteiger partial charge in [-0.3, -0.25) is 4.79 Å². The predicted octanol–water partition coefficient (Wildman–Crippen LogP) is 2.96. The number of fused-ring (bicyclic) bond motifs is 1. The second kappa shape index (κ2) is 9.26. The molecule has 0 atom stereocenters. The maximum absolute atomic E-state index is 12.4. The summed E-state index contributed by atoms with van der Waals surface area (Å²) >= 11 is 4.45. The van der Waals surface area contributed by atoms with Crippen molar-refractivity contribution in [1.29, 1.82) is 0 Å². The molecule has 1 amide bonds. The Morgan fingerprint density at radius 3 is 2.96 bits per heavy atom. The highest BCUT2D eigenvalue weighted by molar-refractivity contribution is 8.01. The van der Waals surface area contributed by atoms with Crippen LogP contribution in [0.2, 0.25) is 0 Å². The minimum absolute atomic E-state index is 0.0401. The van der Waals surface area contributed by atoms with Crippen LogP contribution in [-0.2, 0) is 16.1 Å². The Hall–Kier alpha value is -1.75. The summed E-state index contributed by atoms with van der Waals surface area (Å²) in [6, 6.07) is 8.00. The van der Waals surface area contributed by atoms with Crippen molar-refractivity contribution in [1.82, 2.24) is 20.1 Å². The summed E-state index contributed by atoms with van der Waals surface area (Å²) in [4.78, 5) is 18.6. The summed E-state index contributed by atoms with van der Waals surface area (Å²) in [6.45, 7) is 1.80. The van der Waals surface area contributed by atoms with E-state index >= 15 is 0 Å². The number of ether oxygens (including phenoxy) is 1. The van der Waals surface area contributed by atoms with E-state index in [4.69, 9.17) is 4.74 Å². The van der Waals surface area contributed by atoms with Crippen molar-refractivity contribution in [3.05, 3.63) is 29.3 Å². The number of thioether (sulfide) groups is 1. The highest BCUT2D eigenvalue weighted by atomic mass is 32.2. The molecule has 10 heteroatoms. The molecule has 0 aliphatic rings. The molecule has 1 aromatic carbocycles. The molecule has 2 aromatic heterocycles. The van der Waals surface area contributed by atoms with Crippen LogP contribution in [0, 0.1) is 0 Å². The zero-order valence-corrected chi connectivity index (χ0v) is 16.9. The quantitative estimate of drug-likeness (QED) is 0.430. The first-order chi connectivity index (χ1) is 12.7. The van der Waals surface area contributed by atoms with Crippen molar-refractivity contribution in [2.45, 2.75) is 10.9 Å². The van der Waals surface area contributed by atoms with Gasteiger partial charge in [0.2, 0.25) is 11.0 Å². The molecule has 3 aromatic rings. The Labute approximate surface area is 163 Å². The minimum Gasteiger partial charge on any atom is -0.383 e. The van der Waals surface area contributed by atoms with E-state index in [0.29, 0.717) is 25.4 Å². The maximum Gasteiger partial charge on any atom is 0.233 e. The van der Waals surface area contributed by atoms with Gasteiger partial charge >= 0.3 is 0 Å². The van der Waals surface area contributed by atoms with Gasteiger partial charge in [0, 0.05) is 20.7 Å². The van der Waals surface area contributed by atoms with Gasteiger partial charge in [-0.25, -0.2) is 4.98 Å². The third-order valence-electron chi connectivity index (χ3n) is 3.44. The molecule has 138 valence electrons. The SMILES string of the molecule is COCCNc1nnc(SCC(=O)N(C)Cc2nc3ccccc3s2)s1. The molecule has 0 aliphatic heterocycles. The first kappa shape index (κ1) is 19.0. The molecule has 0 saturated heterocycles. The number of methoxy groups -OCH3 is 1. The summed E-state index contributed by atoms with van der Waals surface area (Å²) in [5, 5.41) is 12.9. The monoisotopic (exact) mass is 409 g/mol. The van der Waals surface area contributed by atoms with Gasteiger partial charge in [0.05, 0.1) is 29.1 Å². The molecule has 1 N–H and O–H groups in total. The fraction of sp³-hybridized carbons (Fsp3) is 0.375. The topological polar surface area (TPSA) is 80.2 Å². The minimum atomic E-state index is 0.0401. The summed E-state index contributed by atoms with van der Waals surface area (Å²) in [7, 11) is 3.45. The summed E-state index contributed by atoms with van der Waals surface area (Å²) < 4.78 is 6.89. The number of para-hydroxylation sites is 1. The van der Waals surface area contributed by atoms with E-state index in [1.54, 1.807) is 30.4 Å². The van der Waals surface area contributed by atoms with Crippen molar-refractivity contribution in [3.63, 3.8) is 0 Å². The third kappa shape index (κ3) is 5.13. The molecular weight excluding hydrogens is 390 g/mol. The van der Waals surface area contributed by atoms with E-state index in [1.807, 2.05) is 24.3 Å². The van der Waals surface area contributed by atoms with Crippen LogP contribution in [0.5, 0.6) is 0 Å². The van der Waals surface area contributed by atoms with Gasteiger partial charge in [0.1, 0.15) is 5.01 Å². The van der Waals surface area contributed by atoms with Crippen LogP contribution in [0.15, 0.2) is 28.6 Å². The number of benzene rings is 1. The molecule has 0 unspecified atom stereocenters. The molecule has 0 saturated carbocycles. The van der Waals surface area contributed by atoms with Crippen LogP contribution >= 0.6 is 34.4 Å². The van der Waals surface area contributed by atoms with Gasteiger partial charge in [0.15, 0.2) is 4.34 Å². The Morgan fingerprint density at radius 2 is 2.15 bits per heavy atom. The van der Waals surface area contributed by atoms with Crippen LogP contribution in [0.25, 0.3) is 10.2 Å². The summed E-state index contributed by atoms with van der Waals surface area (Å²) in [5.74, 6) is 0.368. The standard InChI is InChI=1S/C16H19N5O2S3/c1-21(9-13-18-11-5-3-4-6-12(11)25-13)14(22)10-24-16-20-19-15(26-16)17-7-8-23-2/h3-6H,7-10H2,1-2H3,(H,17,19). The van der Waals surface area contributed by atoms with Gasteiger partial charge in [-0.2, -0.15) is 0 Å². The highest BCUT2D eigenvalue weighted by Gasteiger charge is 2.14. The average molecular weight is 410 g/mol. The van der Waals surface area contributed by atoms with Crippen LogP contribution in [0.1, 0.15) is 5.01 Å². The molecule has 0 aliphatic carbocycles. The first-order valence-corrected chi connectivity index (χ1v) is 10.5. The van der Waals surface area contributed by atoms with Crippen LogP contribution in [0.4, 0.5) is 5.13 Å². The number of nitrogens with one attached hydrogen (secondary N) is 1. The van der Waals surface area contributed by atoms with Gasteiger partial charge in [0.25, 0.3) is 0 Å². The number of carbonyl (C=O) groups is 1. The van der Waals surface area contributed by atoms with Gasteiger partial charge < -0.3 is 15.0 Å². The maximum atomic E-state index is 12.4. The average Bonchev–Trinajstić information content (AvgIpc) is 3.25. The van der Waals surface area contributed by atoms with Crippen molar-refractivity contribution in [2.75, 3.05) is 38.4 Å². The number of carbonyl (C=O) groups excluding carboxylic acids is 1. The van der Waals surface area contributed by atoms with E-state index in [2.05, 4.69) is 20.5 Å². The van der Waals surface area contributed by atoms with Crippen LogP contribution in [0.3, 0.4) is 0 Å². The second-order valence-corrected chi connectivity index (χ2v) is 8.72. The Morgan fingerprint density at radius 1 is 1.31 bits per heavy atom. The third-order valence-corrected chi connectivity index (χ3v) is 6.46. The van der Waals surface area contributed by atoms with E-state index in [9.17, 15) is 4.79 Å². The zero-order valence-electron chi connectivity index (χ0n) is 14.5. The first-order valence-electron chi connectivity index (χ1n) is 7.93. The number of aromatic nitrogens is 3. The number of hydrogen-bond acceptors (Lipinski definition) is 9. The number of anilines is 1. The fourth-order valence-electron chi connectivity index (χ4n) is 2.11. The van der Waals surface area contributed by atoms with Crippen molar-refractivity contribution in [2.24, 2.45) is 0 Å². The summed E-state index contributed by atoms with van der Waals surface area (Å²) in [5.41, 5.74) is 0.977. The van der Waals surface area contributed by atoms with Crippen molar-refractivity contribution in [3.8, 4) is 0 Å². The highest BCUT2D eigenvalue weighted by Crippen LogP contribution is 2.26. The van der Waals surface area contributed by atoms with Gasteiger partial charge in [-0.1, -0.05) is 35.2 Å². The molecule has 2 heterocycles. The smallest absolute Gasteiger partial charge is 0.233 e. The molecule has 0 radical (unpaired) electrons. The Kier molecular flexibility index (Phi) is 6.78. The fourth-order valence-corrected chi connectivity index (χ4v) is 4.85. The number of amides is 1. The van der Waals surface area contributed by atoms with E-state index < -0.39 is 0 Å². The molecule has 0 bridgehead atoms. The van der Waals surface area contributed by atoms with Crippen molar-refractivity contribution < 1.29 is 9.53 Å². The zero-order chi connectivity index (χ0) is 18.4. The lowest BCUT2D eigenvalue weighted by Crippen LogP contribution is -2.27. The molecule has 7 nitrogen and oxygen atoms in total. The molecule has 0 spiro atoms. The van der Waals surface area contributed by atoms with Crippen molar-refractivity contribution >= 4 is 55.7 Å². The number of thiazole rings is 1. The molecule has 26 heavy (non-hydrogen) atoms. The Bertz CT molecular complexity index is 833. The Balaban J connectivity index is 1.48. The van der Waals surface area contributed by atoms with Gasteiger partial charge in [-0.05, 0) is 12.1 Å². The van der Waals surface area contributed by atoms with E-state index in [-0.39, 0.29) is 5.91 Å². The molecule has 0 fully saturated rings. The second-order valence-electron chi connectivity index (χ2n) is 5.41. The lowest BCUT2D eigenvalue weighted by Gasteiger charge is -2.14. The number of hydrogen-bond donors (Lipinski definition) is 1. The van der Waals surface area contributed by atoms with Crippen LogP contribution in [-0.4, -0.2) is 59.1 Å². The lowest BCUT2D eigenvalue weighted by atomic mass is 10.3. The normalized spacial score (nSPS) is 11.0. The number of nitrogens with zero attached hydrogens (tertiary/aromatic N) is 4. The van der Waals surface area contributed by atoms with Gasteiger partial charge in [-0.15, -0.1) is 21.5 Å². The number of rotatable bonds is 9. The summed E-state index contributed by atoms with van der Waals surface area (Å²) in [6.07, 6.45) is 0. The molecular formula is C16H19N5O2S3. The predicted molar refractivity (Wildman–Crippen MR) is 107 cm³/mol.